The fourth-order valence-corrected chi connectivity index (χ4v) is 2.06. The lowest BCUT2D eigenvalue weighted by Gasteiger charge is -2.31. The number of nitrogens with zero attached hydrogens (tertiary/aromatic N) is 2. The molecule has 2 aromatic rings. The summed E-state index contributed by atoms with van der Waals surface area (Å²) >= 11 is 0. The zero-order chi connectivity index (χ0) is 11.0. The fraction of sp³-hybridized carbons (Fsp3) is 0.333. The summed E-state index contributed by atoms with van der Waals surface area (Å²) in [5, 5.41) is 11.3. The van der Waals surface area contributed by atoms with Crippen LogP contribution in [0.5, 0.6) is 0 Å². The molecule has 0 unspecified atom stereocenters. The maximum atomic E-state index is 7.23. The molecule has 0 spiro atoms. The zero-order valence-corrected chi connectivity index (χ0v) is 8.83. The minimum atomic E-state index is -0.353. The number of fused-ring (bicyclic) bond motifs is 1. The highest BCUT2D eigenvalue weighted by Gasteiger charge is 2.43. The van der Waals surface area contributed by atoms with Crippen molar-refractivity contribution in [3.05, 3.63) is 35.8 Å². The van der Waals surface area contributed by atoms with E-state index in [0.29, 0.717) is 0 Å². The number of H-pyrrole nitrogens is 1. The molecule has 0 bridgehead atoms. The summed E-state index contributed by atoms with van der Waals surface area (Å²) in [6.45, 7) is 7.23. The number of benzene rings is 1. The van der Waals surface area contributed by atoms with Crippen molar-refractivity contribution < 1.29 is 0 Å². The lowest BCUT2D eigenvalue weighted by molar-refractivity contribution is 0.343. The van der Waals surface area contributed by atoms with E-state index in [4.69, 9.17) is 6.57 Å². The SMILES string of the molecule is [C-]#[N+]C1(Nc2ccc3cn[nH]c3c2)CCC1. The summed E-state index contributed by atoms with van der Waals surface area (Å²) < 4.78 is 0. The second-order valence-corrected chi connectivity index (χ2v) is 4.29. The second kappa shape index (κ2) is 3.24. The molecule has 1 aromatic heterocycles. The Bertz CT molecular complexity index is 560. The molecular weight excluding hydrogens is 200 g/mol. The first-order chi connectivity index (χ1) is 7.81. The molecular formula is C12H12N4. The molecule has 1 heterocycles. The van der Waals surface area contributed by atoms with Crippen molar-refractivity contribution in [2.24, 2.45) is 0 Å². The summed E-state index contributed by atoms with van der Waals surface area (Å²) in [5.74, 6) is 0. The minimum Gasteiger partial charge on any atom is -0.314 e. The van der Waals surface area contributed by atoms with Crippen molar-refractivity contribution in [2.45, 2.75) is 24.9 Å². The number of aromatic nitrogens is 2. The largest absolute Gasteiger partial charge is 0.314 e. The highest BCUT2D eigenvalue weighted by Crippen LogP contribution is 2.36. The van der Waals surface area contributed by atoms with Gasteiger partial charge in [-0.25, -0.2) is 6.57 Å². The van der Waals surface area contributed by atoms with Gasteiger partial charge in [-0.05, 0) is 24.6 Å². The number of hydrogen-bond donors (Lipinski definition) is 2. The lowest BCUT2D eigenvalue weighted by atomic mass is 9.85. The van der Waals surface area contributed by atoms with Crippen LogP contribution in [0.15, 0.2) is 24.4 Å². The normalized spacial score (nSPS) is 17.7. The highest BCUT2D eigenvalue weighted by atomic mass is 15.1. The molecule has 16 heavy (non-hydrogen) atoms. The van der Waals surface area contributed by atoms with Crippen molar-refractivity contribution in [1.82, 2.24) is 10.2 Å². The van der Waals surface area contributed by atoms with Crippen LogP contribution < -0.4 is 5.32 Å². The maximum Gasteiger partial charge on any atom is 0.305 e. The zero-order valence-electron chi connectivity index (χ0n) is 8.83. The smallest absolute Gasteiger partial charge is 0.305 e. The van der Waals surface area contributed by atoms with Gasteiger partial charge in [0.2, 0.25) is 0 Å². The Kier molecular flexibility index (Phi) is 1.87. The molecule has 0 radical (unpaired) electrons. The fourth-order valence-electron chi connectivity index (χ4n) is 2.06. The van der Waals surface area contributed by atoms with Gasteiger partial charge in [0.25, 0.3) is 0 Å². The molecule has 4 nitrogen and oxygen atoms in total. The Hall–Kier alpha value is -2.02. The lowest BCUT2D eigenvalue weighted by Crippen LogP contribution is -2.41. The van der Waals surface area contributed by atoms with E-state index in [-0.39, 0.29) is 5.66 Å². The Labute approximate surface area is 93.5 Å². The molecule has 0 amide bonds. The molecule has 1 saturated carbocycles. The second-order valence-electron chi connectivity index (χ2n) is 4.29. The standard InChI is InChI=1S/C12H12N4/c1-13-12(5-2-6-12)15-10-4-3-9-8-14-16-11(9)7-10/h3-4,7-8,15H,2,5-6H2,(H,14,16). The van der Waals surface area contributed by atoms with Crippen molar-refractivity contribution in [1.29, 1.82) is 0 Å². The van der Waals surface area contributed by atoms with Crippen LogP contribution in [0.2, 0.25) is 0 Å². The van der Waals surface area contributed by atoms with Gasteiger partial charge in [-0.3, -0.25) is 9.94 Å². The molecule has 2 N–H and O–H groups in total. The van der Waals surface area contributed by atoms with Gasteiger partial charge in [0.05, 0.1) is 11.7 Å². The quantitative estimate of drug-likeness (QED) is 0.752. The average Bonchev–Trinajstić information content (AvgIpc) is 2.70. The van der Waals surface area contributed by atoms with Gasteiger partial charge < -0.3 is 5.32 Å². The van der Waals surface area contributed by atoms with E-state index < -0.39 is 0 Å². The van der Waals surface area contributed by atoms with Gasteiger partial charge in [0.1, 0.15) is 0 Å². The molecule has 1 fully saturated rings. The summed E-state index contributed by atoms with van der Waals surface area (Å²) in [7, 11) is 0. The van der Waals surface area contributed by atoms with E-state index in [0.717, 1.165) is 35.9 Å². The first-order valence-electron chi connectivity index (χ1n) is 5.41. The highest BCUT2D eigenvalue weighted by molar-refractivity contribution is 5.81. The van der Waals surface area contributed by atoms with Gasteiger partial charge in [-0.2, -0.15) is 5.10 Å². The van der Waals surface area contributed by atoms with E-state index in [1.54, 1.807) is 6.20 Å². The molecule has 0 saturated heterocycles. The molecule has 3 rings (SSSR count). The first-order valence-corrected chi connectivity index (χ1v) is 5.41. The van der Waals surface area contributed by atoms with Crippen LogP contribution >= 0.6 is 0 Å². The molecule has 1 aromatic carbocycles. The summed E-state index contributed by atoms with van der Waals surface area (Å²) in [6.07, 6.45) is 4.82. The maximum absolute atomic E-state index is 7.23. The van der Waals surface area contributed by atoms with E-state index in [2.05, 4.69) is 20.4 Å². The molecule has 0 aliphatic heterocycles. The monoisotopic (exact) mass is 212 g/mol. The average molecular weight is 212 g/mol. The summed E-state index contributed by atoms with van der Waals surface area (Å²) in [6, 6.07) is 6.02. The third-order valence-electron chi connectivity index (χ3n) is 3.21. The third-order valence-corrected chi connectivity index (χ3v) is 3.21. The third kappa shape index (κ3) is 1.33. The van der Waals surface area contributed by atoms with Gasteiger partial charge >= 0.3 is 5.66 Å². The van der Waals surface area contributed by atoms with Crippen molar-refractivity contribution >= 4 is 16.6 Å². The van der Waals surface area contributed by atoms with Crippen molar-refractivity contribution in [2.75, 3.05) is 5.32 Å². The molecule has 1 aliphatic rings. The van der Waals surface area contributed by atoms with E-state index >= 15 is 0 Å². The van der Waals surface area contributed by atoms with Crippen molar-refractivity contribution in [3.63, 3.8) is 0 Å². The minimum absolute atomic E-state index is 0.353. The van der Waals surface area contributed by atoms with Crippen LogP contribution in [0.1, 0.15) is 19.3 Å². The number of hydrogen-bond acceptors (Lipinski definition) is 2. The summed E-state index contributed by atoms with van der Waals surface area (Å²) in [4.78, 5) is 3.70. The van der Waals surface area contributed by atoms with E-state index in [1.165, 1.54) is 0 Å². The Morgan fingerprint density at radius 3 is 3.00 bits per heavy atom. The summed E-state index contributed by atoms with van der Waals surface area (Å²) in [5.41, 5.74) is 1.64. The Balaban J connectivity index is 1.92. The van der Waals surface area contributed by atoms with Gasteiger partial charge in [-0.1, -0.05) is 0 Å². The number of rotatable bonds is 2. The Morgan fingerprint density at radius 2 is 2.31 bits per heavy atom. The molecule has 0 atom stereocenters. The number of aromatic amines is 1. The van der Waals surface area contributed by atoms with Gasteiger partial charge in [0, 0.05) is 23.9 Å². The number of nitrogens with one attached hydrogen (secondary N) is 2. The molecule has 4 heteroatoms. The van der Waals surface area contributed by atoms with Crippen LogP contribution in [-0.4, -0.2) is 15.9 Å². The molecule has 80 valence electrons. The predicted molar refractivity (Wildman–Crippen MR) is 62.9 cm³/mol. The Morgan fingerprint density at radius 1 is 1.44 bits per heavy atom. The van der Waals surface area contributed by atoms with Crippen LogP contribution in [0.4, 0.5) is 5.69 Å². The van der Waals surface area contributed by atoms with Crippen molar-refractivity contribution in [3.8, 4) is 0 Å². The van der Waals surface area contributed by atoms with Crippen LogP contribution in [0, 0.1) is 6.57 Å². The van der Waals surface area contributed by atoms with Gasteiger partial charge in [-0.15, -0.1) is 0 Å². The topological polar surface area (TPSA) is 45.1 Å². The number of anilines is 1. The van der Waals surface area contributed by atoms with Gasteiger partial charge in [0.15, 0.2) is 0 Å². The van der Waals surface area contributed by atoms with Crippen LogP contribution in [0.25, 0.3) is 15.7 Å². The van der Waals surface area contributed by atoms with Crippen LogP contribution in [0.3, 0.4) is 0 Å². The first kappa shape index (κ1) is 9.22. The van der Waals surface area contributed by atoms with E-state index in [1.807, 2.05) is 18.2 Å². The molecule has 1 aliphatic carbocycles. The predicted octanol–water partition coefficient (Wildman–Crippen LogP) is 2.77. The van der Waals surface area contributed by atoms with E-state index in [9.17, 15) is 0 Å². The van der Waals surface area contributed by atoms with Crippen LogP contribution in [-0.2, 0) is 0 Å².